The second-order valence-corrected chi connectivity index (χ2v) is 6.16. The molecule has 6 heteroatoms. The van der Waals surface area contributed by atoms with Crippen molar-refractivity contribution >= 4 is 11.6 Å². The summed E-state index contributed by atoms with van der Waals surface area (Å²) in [6.45, 7) is 9.65. The van der Waals surface area contributed by atoms with Crippen molar-refractivity contribution in [1.82, 2.24) is 10.6 Å². The average Bonchev–Trinajstić information content (AvgIpc) is 2.34. The average molecular weight is 293 g/mol. The molecule has 21 heavy (non-hydrogen) atoms. The van der Waals surface area contributed by atoms with Crippen LogP contribution in [-0.4, -0.2) is 22.4 Å². The molecular weight excluding hydrogens is 270 g/mol. The molecule has 0 aliphatic carbocycles. The zero-order valence-electron chi connectivity index (χ0n) is 13.2. The van der Waals surface area contributed by atoms with E-state index in [1.165, 1.54) is 6.07 Å². The van der Waals surface area contributed by atoms with Crippen LogP contribution in [0.4, 0.5) is 5.69 Å². The predicted molar refractivity (Wildman–Crippen MR) is 82.0 cm³/mol. The molecule has 6 nitrogen and oxygen atoms in total. The van der Waals surface area contributed by atoms with Gasteiger partial charge in [0.25, 0.3) is 5.69 Å². The van der Waals surface area contributed by atoms with Crippen molar-refractivity contribution in [3.8, 4) is 0 Å². The molecule has 116 valence electrons. The molecule has 1 amide bonds. The summed E-state index contributed by atoms with van der Waals surface area (Å²) in [4.78, 5) is 22.5. The summed E-state index contributed by atoms with van der Waals surface area (Å²) >= 11 is 0. The number of hydrogen-bond donors (Lipinski definition) is 2. The standard InChI is InChI=1S/C15H23N3O3/c1-10-12(7-6-8-13(10)18(20)21)9-16-11(2)14(19)17-15(3,4)5/h6-8,11,16H,9H2,1-5H3,(H,17,19). The summed E-state index contributed by atoms with van der Waals surface area (Å²) in [5, 5.41) is 16.9. The Hall–Kier alpha value is -1.95. The smallest absolute Gasteiger partial charge is 0.272 e. The van der Waals surface area contributed by atoms with Crippen LogP contribution < -0.4 is 10.6 Å². The number of nitrogens with zero attached hydrogens (tertiary/aromatic N) is 1. The van der Waals surface area contributed by atoms with Gasteiger partial charge in [-0.1, -0.05) is 12.1 Å². The molecule has 0 spiro atoms. The largest absolute Gasteiger partial charge is 0.350 e. The Labute approximate surface area is 125 Å². The van der Waals surface area contributed by atoms with Crippen LogP contribution in [0.25, 0.3) is 0 Å². The second-order valence-electron chi connectivity index (χ2n) is 6.16. The molecule has 1 aromatic carbocycles. The number of carbonyl (C=O) groups is 1. The highest BCUT2D eigenvalue weighted by Crippen LogP contribution is 2.20. The van der Waals surface area contributed by atoms with Crippen LogP contribution in [0.15, 0.2) is 18.2 Å². The van der Waals surface area contributed by atoms with Gasteiger partial charge in [-0.05, 0) is 40.2 Å². The van der Waals surface area contributed by atoms with E-state index in [4.69, 9.17) is 0 Å². The monoisotopic (exact) mass is 293 g/mol. The molecule has 1 rings (SSSR count). The fourth-order valence-electron chi connectivity index (χ4n) is 1.89. The number of hydrogen-bond acceptors (Lipinski definition) is 4. The number of rotatable bonds is 5. The normalized spacial score (nSPS) is 12.8. The summed E-state index contributed by atoms with van der Waals surface area (Å²) in [5.74, 6) is -0.0921. The summed E-state index contributed by atoms with van der Waals surface area (Å²) in [7, 11) is 0. The number of nitro groups is 1. The van der Waals surface area contributed by atoms with Gasteiger partial charge >= 0.3 is 0 Å². The van der Waals surface area contributed by atoms with Gasteiger partial charge in [0, 0.05) is 23.7 Å². The Kier molecular flexibility index (Phi) is 5.43. The fourth-order valence-corrected chi connectivity index (χ4v) is 1.89. The van der Waals surface area contributed by atoms with Crippen molar-refractivity contribution in [1.29, 1.82) is 0 Å². The van der Waals surface area contributed by atoms with Gasteiger partial charge in [-0.2, -0.15) is 0 Å². The molecule has 1 aromatic rings. The topological polar surface area (TPSA) is 84.3 Å². The molecule has 0 saturated heterocycles. The molecule has 0 aliphatic heterocycles. The van der Waals surface area contributed by atoms with E-state index < -0.39 is 4.92 Å². The van der Waals surface area contributed by atoms with E-state index in [0.717, 1.165) is 5.56 Å². The number of nitrogens with one attached hydrogen (secondary N) is 2. The summed E-state index contributed by atoms with van der Waals surface area (Å²) in [6, 6.07) is 4.59. The van der Waals surface area contributed by atoms with Crippen molar-refractivity contribution < 1.29 is 9.72 Å². The third-order valence-corrected chi connectivity index (χ3v) is 3.10. The Morgan fingerprint density at radius 1 is 1.38 bits per heavy atom. The van der Waals surface area contributed by atoms with E-state index in [1.807, 2.05) is 26.8 Å². The highest BCUT2D eigenvalue weighted by molar-refractivity contribution is 5.81. The molecule has 0 aromatic heterocycles. The lowest BCUT2D eigenvalue weighted by molar-refractivity contribution is -0.385. The zero-order valence-corrected chi connectivity index (χ0v) is 13.2. The molecule has 0 bridgehead atoms. The van der Waals surface area contributed by atoms with Gasteiger partial charge in [0.15, 0.2) is 0 Å². The minimum Gasteiger partial charge on any atom is -0.350 e. The molecule has 0 fully saturated rings. The molecule has 2 N–H and O–H groups in total. The van der Waals surface area contributed by atoms with Gasteiger partial charge in [0.2, 0.25) is 5.91 Å². The van der Waals surface area contributed by atoms with Crippen molar-refractivity contribution in [2.24, 2.45) is 0 Å². The van der Waals surface area contributed by atoms with E-state index in [9.17, 15) is 14.9 Å². The predicted octanol–water partition coefficient (Wildman–Crippen LogP) is 2.30. The van der Waals surface area contributed by atoms with Gasteiger partial charge in [0.1, 0.15) is 0 Å². The van der Waals surface area contributed by atoms with Crippen molar-refractivity contribution in [2.45, 2.75) is 52.7 Å². The Balaban J connectivity index is 2.70. The van der Waals surface area contributed by atoms with Crippen molar-refractivity contribution in [2.75, 3.05) is 0 Å². The van der Waals surface area contributed by atoms with Crippen LogP contribution in [0, 0.1) is 17.0 Å². The second kappa shape index (κ2) is 6.67. The lowest BCUT2D eigenvalue weighted by atomic mass is 10.1. The van der Waals surface area contributed by atoms with Gasteiger partial charge in [-0.15, -0.1) is 0 Å². The number of carbonyl (C=O) groups excluding carboxylic acids is 1. The molecule has 1 unspecified atom stereocenters. The summed E-state index contributed by atoms with van der Waals surface area (Å²) in [5.41, 5.74) is 1.26. The van der Waals surface area contributed by atoms with Gasteiger partial charge in [-0.3, -0.25) is 14.9 Å². The van der Waals surface area contributed by atoms with Crippen LogP contribution in [0.5, 0.6) is 0 Å². The van der Waals surface area contributed by atoms with Crippen LogP contribution in [0.1, 0.15) is 38.8 Å². The summed E-state index contributed by atoms with van der Waals surface area (Å²) < 4.78 is 0. The van der Waals surface area contributed by atoms with Gasteiger partial charge in [-0.25, -0.2) is 0 Å². The third kappa shape index (κ3) is 5.15. The third-order valence-electron chi connectivity index (χ3n) is 3.10. The quantitative estimate of drug-likeness (QED) is 0.644. The van der Waals surface area contributed by atoms with E-state index >= 15 is 0 Å². The maximum atomic E-state index is 12.0. The minimum absolute atomic E-state index is 0.0921. The molecule has 0 aliphatic rings. The number of benzene rings is 1. The lowest BCUT2D eigenvalue weighted by Gasteiger charge is -2.23. The first-order valence-electron chi connectivity index (χ1n) is 6.90. The Morgan fingerprint density at radius 3 is 2.52 bits per heavy atom. The first kappa shape index (κ1) is 17.1. The summed E-state index contributed by atoms with van der Waals surface area (Å²) in [6.07, 6.45) is 0. The lowest BCUT2D eigenvalue weighted by Crippen LogP contribution is -2.49. The maximum Gasteiger partial charge on any atom is 0.272 e. The molecule has 1 atom stereocenters. The van der Waals surface area contributed by atoms with Crippen molar-refractivity contribution in [3.63, 3.8) is 0 Å². The van der Waals surface area contributed by atoms with E-state index in [-0.39, 0.29) is 23.2 Å². The SMILES string of the molecule is Cc1c(CNC(C)C(=O)NC(C)(C)C)cccc1[N+](=O)[O-]. The van der Waals surface area contributed by atoms with E-state index in [1.54, 1.807) is 19.9 Å². The van der Waals surface area contributed by atoms with E-state index in [0.29, 0.717) is 12.1 Å². The molecule has 0 radical (unpaired) electrons. The maximum absolute atomic E-state index is 12.0. The first-order valence-corrected chi connectivity index (χ1v) is 6.90. The van der Waals surface area contributed by atoms with E-state index in [2.05, 4.69) is 10.6 Å². The molecule has 0 heterocycles. The Bertz CT molecular complexity index is 535. The van der Waals surface area contributed by atoms with Crippen LogP contribution in [0.3, 0.4) is 0 Å². The minimum atomic E-state index is -0.394. The van der Waals surface area contributed by atoms with Crippen LogP contribution in [0.2, 0.25) is 0 Å². The van der Waals surface area contributed by atoms with Crippen molar-refractivity contribution in [3.05, 3.63) is 39.4 Å². The first-order chi connectivity index (χ1) is 9.61. The molecule has 0 saturated carbocycles. The van der Waals surface area contributed by atoms with Crippen LogP contribution >= 0.6 is 0 Å². The highest BCUT2D eigenvalue weighted by Gasteiger charge is 2.19. The number of amides is 1. The Morgan fingerprint density at radius 2 is 2.00 bits per heavy atom. The van der Waals surface area contributed by atoms with Gasteiger partial charge < -0.3 is 10.6 Å². The highest BCUT2D eigenvalue weighted by atomic mass is 16.6. The van der Waals surface area contributed by atoms with Crippen LogP contribution in [-0.2, 0) is 11.3 Å². The van der Waals surface area contributed by atoms with Gasteiger partial charge in [0.05, 0.1) is 11.0 Å². The zero-order chi connectivity index (χ0) is 16.2. The fraction of sp³-hybridized carbons (Fsp3) is 0.533. The number of nitro benzene ring substituents is 1. The molecular formula is C15H23N3O3.